The molecule has 1 aliphatic carbocycles. The molecule has 198 valence electrons. The van der Waals surface area contributed by atoms with E-state index in [9.17, 15) is 14.4 Å². The lowest BCUT2D eigenvalue weighted by Crippen LogP contribution is -2.42. The fourth-order valence-corrected chi connectivity index (χ4v) is 5.70. The zero-order valence-electron chi connectivity index (χ0n) is 21.3. The van der Waals surface area contributed by atoms with E-state index in [1.165, 1.54) is 23.1 Å². The Kier molecular flexibility index (Phi) is 8.07. The molecular weight excluding hydrogens is 502 g/mol. The summed E-state index contributed by atoms with van der Waals surface area (Å²) in [5.41, 5.74) is 2.12. The van der Waals surface area contributed by atoms with Gasteiger partial charge in [-0.2, -0.15) is 0 Å². The van der Waals surface area contributed by atoms with Gasteiger partial charge in [0.2, 0.25) is 11.8 Å². The summed E-state index contributed by atoms with van der Waals surface area (Å²) >= 11 is 1.18. The number of fused-ring (bicyclic) bond motifs is 3. The van der Waals surface area contributed by atoms with Gasteiger partial charge in [-0.15, -0.1) is 0 Å². The van der Waals surface area contributed by atoms with Crippen LogP contribution >= 0.6 is 11.8 Å². The number of carbonyl (C=O) groups excluding carboxylic acids is 3. The van der Waals surface area contributed by atoms with Crippen molar-refractivity contribution in [2.24, 2.45) is 9.98 Å². The summed E-state index contributed by atoms with van der Waals surface area (Å²) < 4.78 is 5.15. The number of hydrogen-bond acceptors (Lipinski definition) is 7. The summed E-state index contributed by atoms with van der Waals surface area (Å²) in [5, 5.41) is 6.37. The smallest absolute Gasteiger partial charge is 0.259 e. The van der Waals surface area contributed by atoms with Crippen molar-refractivity contribution in [1.82, 2.24) is 10.2 Å². The van der Waals surface area contributed by atoms with Crippen molar-refractivity contribution in [3.05, 3.63) is 54.1 Å². The SMILES string of the molecule is COc1ccc(NC(=O)CSC2=Nc3ccccc3C3=N[C@@H](CCC(=O)NC4CCCCC4)C(=O)N23)cc1. The molecule has 0 bridgehead atoms. The molecule has 2 aromatic carbocycles. The molecule has 0 aromatic heterocycles. The van der Waals surface area contributed by atoms with E-state index in [0.29, 0.717) is 34.5 Å². The summed E-state index contributed by atoms with van der Waals surface area (Å²) in [7, 11) is 1.58. The summed E-state index contributed by atoms with van der Waals surface area (Å²) in [6.45, 7) is 0. The van der Waals surface area contributed by atoms with Crippen molar-refractivity contribution in [2.75, 3.05) is 18.2 Å². The van der Waals surface area contributed by atoms with Crippen LogP contribution in [0.15, 0.2) is 58.5 Å². The molecule has 38 heavy (non-hydrogen) atoms. The first-order valence-electron chi connectivity index (χ1n) is 13.0. The number of carbonyl (C=O) groups is 3. The van der Waals surface area contributed by atoms with Crippen LogP contribution < -0.4 is 15.4 Å². The van der Waals surface area contributed by atoms with E-state index in [2.05, 4.69) is 15.6 Å². The van der Waals surface area contributed by atoms with Crippen LogP contribution in [0.5, 0.6) is 5.75 Å². The molecule has 2 heterocycles. The Balaban J connectivity index is 1.24. The monoisotopic (exact) mass is 533 g/mol. The average molecular weight is 534 g/mol. The second kappa shape index (κ2) is 11.8. The van der Waals surface area contributed by atoms with Gasteiger partial charge in [-0.05, 0) is 55.7 Å². The second-order valence-electron chi connectivity index (χ2n) is 9.56. The molecule has 3 aliphatic rings. The molecule has 5 rings (SSSR count). The van der Waals surface area contributed by atoms with Crippen molar-refractivity contribution in [2.45, 2.75) is 57.0 Å². The third kappa shape index (κ3) is 5.91. The Morgan fingerprint density at radius 2 is 1.82 bits per heavy atom. The molecule has 0 radical (unpaired) electrons. The van der Waals surface area contributed by atoms with Crippen molar-refractivity contribution in [3.63, 3.8) is 0 Å². The number of nitrogens with zero attached hydrogens (tertiary/aromatic N) is 3. The summed E-state index contributed by atoms with van der Waals surface area (Å²) in [6, 6.07) is 14.1. The third-order valence-electron chi connectivity index (χ3n) is 6.87. The first kappa shape index (κ1) is 26.0. The number of nitrogens with one attached hydrogen (secondary N) is 2. The molecule has 9 nitrogen and oxygen atoms in total. The van der Waals surface area contributed by atoms with Crippen LogP contribution in [-0.2, 0) is 14.4 Å². The molecule has 1 saturated carbocycles. The highest BCUT2D eigenvalue weighted by Crippen LogP contribution is 2.34. The number of hydrogen-bond donors (Lipinski definition) is 2. The first-order valence-corrected chi connectivity index (χ1v) is 14.0. The van der Waals surface area contributed by atoms with E-state index in [-0.39, 0.29) is 35.9 Å². The predicted octanol–water partition coefficient (Wildman–Crippen LogP) is 4.25. The van der Waals surface area contributed by atoms with Gasteiger partial charge in [-0.3, -0.25) is 19.4 Å². The van der Waals surface area contributed by atoms with Crippen LogP contribution in [-0.4, -0.2) is 58.6 Å². The topological polar surface area (TPSA) is 112 Å². The Hall–Kier alpha value is -3.66. The van der Waals surface area contributed by atoms with Gasteiger partial charge in [0.25, 0.3) is 5.91 Å². The Morgan fingerprint density at radius 3 is 2.58 bits per heavy atom. The van der Waals surface area contributed by atoms with Gasteiger partial charge in [0, 0.05) is 23.7 Å². The quantitative estimate of drug-likeness (QED) is 0.527. The highest BCUT2D eigenvalue weighted by atomic mass is 32.2. The molecule has 0 saturated heterocycles. The maximum atomic E-state index is 13.4. The fourth-order valence-electron chi connectivity index (χ4n) is 4.90. The number of para-hydroxylation sites is 1. The van der Waals surface area contributed by atoms with Gasteiger partial charge in [0.15, 0.2) is 5.17 Å². The Morgan fingerprint density at radius 1 is 1.05 bits per heavy atom. The lowest BCUT2D eigenvalue weighted by molar-refractivity contribution is -0.125. The molecule has 0 spiro atoms. The van der Waals surface area contributed by atoms with Gasteiger partial charge in [-0.1, -0.05) is 43.2 Å². The number of amides is 3. The van der Waals surface area contributed by atoms with Crippen LogP contribution in [0.3, 0.4) is 0 Å². The lowest BCUT2D eigenvalue weighted by Gasteiger charge is -2.25. The normalized spacial score (nSPS) is 18.7. The maximum Gasteiger partial charge on any atom is 0.259 e. The maximum absolute atomic E-state index is 13.4. The van der Waals surface area contributed by atoms with Crippen LogP contribution in [0, 0.1) is 0 Å². The largest absolute Gasteiger partial charge is 0.497 e. The van der Waals surface area contributed by atoms with Gasteiger partial charge in [0.05, 0.1) is 18.6 Å². The molecular formula is C28H31N5O4S. The second-order valence-corrected chi connectivity index (χ2v) is 10.5. The summed E-state index contributed by atoms with van der Waals surface area (Å²) in [5.74, 6) is 0.820. The van der Waals surface area contributed by atoms with E-state index in [1.807, 2.05) is 24.3 Å². The molecule has 1 atom stereocenters. The predicted molar refractivity (Wildman–Crippen MR) is 149 cm³/mol. The zero-order valence-corrected chi connectivity index (χ0v) is 22.1. The number of aliphatic imine (C=N–C) groups is 2. The number of benzene rings is 2. The van der Waals surface area contributed by atoms with Crippen LogP contribution in [0.1, 0.15) is 50.5 Å². The summed E-state index contributed by atoms with van der Waals surface area (Å²) in [6.07, 6.45) is 6.12. The van der Waals surface area contributed by atoms with Crippen molar-refractivity contribution >= 4 is 51.9 Å². The third-order valence-corrected chi connectivity index (χ3v) is 7.81. The van der Waals surface area contributed by atoms with Gasteiger partial charge < -0.3 is 15.4 Å². The van der Waals surface area contributed by atoms with Crippen LogP contribution in [0.25, 0.3) is 0 Å². The molecule has 3 amide bonds. The molecule has 2 aliphatic heterocycles. The molecule has 2 N–H and O–H groups in total. The first-order chi connectivity index (χ1) is 18.5. The Labute approximate surface area is 226 Å². The fraction of sp³-hybridized carbons (Fsp3) is 0.393. The number of anilines is 1. The zero-order chi connectivity index (χ0) is 26.5. The number of thioether (sulfide) groups is 1. The molecule has 2 aromatic rings. The number of methoxy groups -OCH3 is 1. The molecule has 10 heteroatoms. The van der Waals surface area contributed by atoms with Gasteiger partial charge in [0.1, 0.15) is 17.6 Å². The van der Waals surface area contributed by atoms with Crippen LogP contribution in [0.4, 0.5) is 11.4 Å². The van der Waals surface area contributed by atoms with Crippen molar-refractivity contribution in [1.29, 1.82) is 0 Å². The highest BCUT2D eigenvalue weighted by molar-refractivity contribution is 8.14. The number of amidine groups is 2. The van der Waals surface area contributed by atoms with E-state index < -0.39 is 6.04 Å². The standard InChI is InChI=1S/C28H31N5O4S/c1-37-20-13-11-19(12-14-20)30-25(35)17-38-28-32-22-10-6-5-9-21(22)26-31-23(27(36)33(26)28)15-16-24(34)29-18-7-3-2-4-8-18/h5-6,9-14,18,23H,2-4,7-8,15-17H2,1H3,(H,29,34)(H,30,35)/t23-/m0/s1. The molecule has 1 fully saturated rings. The highest BCUT2D eigenvalue weighted by Gasteiger charge is 2.41. The lowest BCUT2D eigenvalue weighted by atomic mass is 9.95. The summed E-state index contributed by atoms with van der Waals surface area (Å²) in [4.78, 5) is 49.5. The molecule has 0 unspecified atom stereocenters. The van der Waals surface area contributed by atoms with Gasteiger partial charge >= 0.3 is 0 Å². The average Bonchev–Trinajstić information content (AvgIpc) is 3.28. The van der Waals surface area contributed by atoms with E-state index in [4.69, 9.17) is 9.73 Å². The van der Waals surface area contributed by atoms with Gasteiger partial charge in [-0.25, -0.2) is 9.89 Å². The Bertz CT molecular complexity index is 1270. The minimum absolute atomic E-state index is 0.0337. The van der Waals surface area contributed by atoms with Crippen molar-refractivity contribution < 1.29 is 19.1 Å². The van der Waals surface area contributed by atoms with Crippen LogP contribution in [0.2, 0.25) is 0 Å². The van der Waals surface area contributed by atoms with E-state index in [1.54, 1.807) is 31.4 Å². The van der Waals surface area contributed by atoms with Crippen molar-refractivity contribution in [3.8, 4) is 5.75 Å². The number of ether oxygens (including phenoxy) is 1. The van der Waals surface area contributed by atoms with E-state index in [0.717, 1.165) is 31.2 Å². The van der Waals surface area contributed by atoms with E-state index >= 15 is 0 Å². The minimum Gasteiger partial charge on any atom is -0.497 e. The minimum atomic E-state index is -0.660. The number of rotatable bonds is 8.